The van der Waals surface area contributed by atoms with Gasteiger partial charge in [-0.3, -0.25) is 9.59 Å². The normalized spacial score (nSPS) is 16.6. The van der Waals surface area contributed by atoms with Gasteiger partial charge in [-0.15, -0.1) is 0 Å². The third-order valence-electron chi connectivity index (χ3n) is 5.89. The van der Waals surface area contributed by atoms with Crippen molar-refractivity contribution in [2.75, 3.05) is 4.90 Å². The van der Waals surface area contributed by atoms with E-state index in [1.54, 1.807) is 42.5 Å². The van der Waals surface area contributed by atoms with E-state index in [0.717, 1.165) is 39.0 Å². The molecule has 1 atom stereocenters. The zero-order chi connectivity index (χ0) is 24.5. The summed E-state index contributed by atoms with van der Waals surface area (Å²) in [5, 5.41) is 0. The molecule has 3 aromatic carbocycles. The predicted octanol–water partition coefficient (Wildman–Crippen LogP) is 4.47. The Morgan fingerprint density at radius 1 is 0.941 bits per heavy atom. The van der Waals surface area contributed by atoms with Crippen molar-refractivity contribution in [1.82, 2.24) is 4.31 Å². The molecule has 0 radical (unpaired) electrons. The highest BCUT2D eigenvalue weighted by atomic mass is 32.2. The number of amides is 2. The van der Waals surface area contributed by atoms with E-state index in [9.17, 15) is 22.4 Å². The van der Waals surface area contributed by atoms with Gasteiger partial charge in [0.2, 0.25) is 15.9 Å². The SMILES string of the molecule is CC(C)c1ccc(N2C(=O)CC(N(Cc3ccccc3)S(=O)(=O)c3ccc(F)cc3)C2=O)cc1. The molecule has 176 valence electrons. The molecule has 0 aliphatic carbocycles. The molecule has 1 heterocycles. The lowest BCUT2D eigenvalue weighted by atomic mass is 10.0. The van der Waals surface area contributed by atoms with Gasteiger partial charge < -0.3 is 0 Å². The molecule has 0 saturated carbocycles. The smallest absolute Gasteiger partial charge is 0.252 e. The summed E-state index contributed by atoms with van der Waals surface area (Å²) in [6.45, 7) is 3.97. The van der Waals surface area contributed by atoms with Crippen LogP contribution in [0.1, 0.15) is 37.3 Å². The summed E-state index contributed by atoms with van der Waals surface area (Å²) in [5.41, 5.74) is 2.12. The molecule has 6 nitrogen and oxygen atoms in total. The number of imide groups is 1. The van der Waals surface area contributed by atoms with E-state index < -0.39 is 33.7 Å². The number of carbonyl (C=O) groups is 2. The van der Waals surface area contributed by atoms with Crippen molar-refractivity contribution in [1.29, 1.82) is 0 Å². The minimum Gasteiger partial charge on any atom is -0.274 e. The van der Waals surface area contributed by atoms with Crippen LogP contribution in [0.2, 0.25) is 0 Å². The molecule has 0 spiro atoms. The van der Waals surface area contributed by atoms with Gasteiger partial charge in [0.25, 0.3) is 5.91 Å². The molecule has 1 saturated heterocycles. The quantitative estimate of drug-likeness (QED) is 0.468. The van der Waals surface area contributed by atoms with E-state index in [4.69, 9.17) is 0 Å². The minimum absolute atomic E-state index is 0.107. The van der Waals surface area contributed by atoms with Crippen molar-refractivity contribution in [3.8, 4) is 0 Å². The average molecular weight is 481 g/mol. The van der Waals surface area contributed by atoms with Crippen LogP contribution in [0.25, 0.3) is 0 Å². The number of nitrogens with zero attached hydrogens (tertiary/aromatic N) is 2. The van der Waals surface area contributed by atoms with Gasteiger partial charge >= 0.3 is 0 Å². The molecular weight excluding hydrogens is 455 g/mol. The Balaban J connectivity index is 1.72. The molecule has 3 aromatic rings. The van der Waals surface area contributed by atoms with E-state index in [-0.39, 0.29) is 23.8 Å². The van der Waals surface area contributed by atoms with Crippen LogP contribution in [0.4, 0.5) is 10.1 Å². The molecule has 2 amide bonds. The fourth-order valence-corrected chi connectivity index (χ4v) is 5.56. The maximum Gasteiger partial charge on any atom is 0.252 e. The third kappa shape index (κ3) is 4.64. The van der Waals surface area contributed by atoms with Crippen molar-refractivity contribution in [3.05, 3.63) is 95.8 Å². The molecular formula is C26H25FN2O4S. The van der Waals surface area contributed by atoms with Crippen molar-refractivity contribution >= 4 is 27.5 Å². The first-order valence-electron chi connectivity index (χ1n) is 11.0. The molecule has 0 aromatic heterocycles. The summed E-state index contributed by atoms with van der Waals surface area (Å²) >= 11 is 0. The first kappa shape index (κ1) is 23.8. The maximum absolute atomic E-state index is 13.6. The summed E-state index contributed by atoms with van der Waals surface area (Å²) in [6, 6.07) is 19.1. The van der Waals surface area contributed by atoms with E-state index in [1.165, 1.54) is 0 Å². The second kappa shape index (κ2) is 9.48. The molecule has 1 unspecified atom stereocenters. The van der Waals surface area contributed by atoms with Crippen LogP contribution < -0.4 is 4.90 Å². The van der Waals surface area contributed by atoms with Gasteiger partial charge in [-0.25, -0.2) is 17.7 Å². The van der Waals surface area contributed by atoms with Gasteiger partial charge in [-0.2, -0.15) is 4.31 Å². The molecule has 4 rings (SSSR count). The van der Waals surface area contributed by atoms with Gasteiger partial charge in [-0.05, 0) is 53.4 Å². The van der Waals surface area contributed by atoms with Gasteiger partial charge in [-0.1, -0.05) is 56.3 Å². The lowest BCUT2D eigenvalue weighted by Crippen LogP contribution is -2.45. The molecule has 0 bridgehead atoms. The first-order valence-corrected chi connectivity index (χ1v) is 12.4. The Bertz CT molecular complexity index is 1290. The first-order chi connectivity index (χ1) is 16.2. The minimum atomic E-state index is -4.21. The van der Waals surface area contributed by atoms with Crippen LogP contribution in [0, 0.1) is 5.82 Å². The lowest BCUT2D eigenvalue weighted by molar-refractivity contribution is -0.122. The number of halogens is 1. The number of sulfonamides is 1. The third-order valence-corrected chi connectivity index (χ3v) is 7.76. The van der Waals surface area contributed by atoms with Crippen molar-refractivity contribution in [2.45, 2.75) is 43.7 Å². The number of hydrogen-bond acceptors (Lipinski definition) is 4. The molecule has 0 N–H and O–H groups in total. The lowest BCUT2D eigenvalue weighted by Gasteiger charge is -2.27. The van der Waals surface area contributed by atoms with Crippen LogP contribution in [0.15, 0.2) is 83.8 Å². The van der Waals surface area contributed by atoms with Gasteiger partial charge in [0.1, 0.15) is 11.9 Å². The second-order valence-corrected chi connectivity index (χ2v) is 10.4. The average Bonchev–Trinajstić information content (AvgIpc) is 3.11. The van der Waals surface area contributed by atoms with Gasteiger partial charge in [0, 0.05) is 6.54 Å². The van der Waals surface area contributed by atoms with E-state index in [0.29, 0.717) is 11.3 Å². The maximum atomic E-state index is 13.6. The van der Waals surface area contributed by atoms with Crippen LogP contribution in [0.5, 0.6) is 0 Å². The zero-order valence-corrected chi connectivity index (χ0v) is 19.7. The van der Waals surface area contributed by atoms with Gasteiger partial charge in [0.15, 0.2) is 0 Å². The molecule has 1 aliphatic rings. The monoisotopic (exact) mass is 480 g/mol. The largest absolute Gasteiger partial charge is 0.274 e. The van der Waals surface area contributed by atoms with Crippen molar-refractivity contribution < 1.29 is 22.4 Å². The summed E-state index contributed by atoms with van der Waals surface area (Å²) in [5.74, 6) is -1.37. The molecule has 34 heavy (non-hydrogen) atoms. The van der Waals surface area contributed by atoms with Crippen LogP contribution in [-0.4, -0.2) is 30.6 Å². The molecule has 8 heteroatoms. The second-order valence-electron chi connectivity index (χ2n) is 8.52. The summed E-state index contributed by atoms with van der Waals surface area (Å²) in [6.07, 6.45) is -0.280. The number of anilines is 1. The Labute approximate surface area is 198 Å². The Morgan fingerprint density at radius 3 is 2.15 bits per heavy atom. The highest BCUT2D eigenvalue weighted by Crippen LogP contribution is 2.31. The predicted molar refractivity (Wildman–Crippen MR) is 127 cm³/mol. The summed E-state index contributed by atoms with van der Waals surface area (Å²) in [7, 11) is -4.21. The summed E-state index contributed by atoms with van der Waals surface area (Å²) < 4.78 is 41.6. The van der Waals surface area contributed by atoms with E-state index >= 15 is 0 Å². The Hall–Kier alpha value is -3.36. The van der Waals surface area contributed by atoms with Crippen LogP contribution >= 0.6 is 0 Å². The highest BCUT2D eigenvalue weighted by Gasteiger charge is 2.47. The number of benzene rings is 3. The number of carbonyl (C=O) groups excluding carboxylic acids is 2. The van der Waals surface area contributed by atoms with E-state index in [1.807, 2.05) is 26.0 Å². The number of hydrogen-bond donors (Lipinski definition) is 0. The number of rotatable bonds is 7. The zero-order valence-electron chi connectivity index (χ0n) is 18.9. The molecule has 1 fully saturated rings. The van der Waals surface area contributed by atoms with Crippen molar-refractivity contribution in [2.24, 2.45) is 0 Å². The van der Waals surface area contributed by atoms with Crippen molar-refractivity contribution in [3.63, 3.8) is 0 Å². The Kier molecular flexibility index (Phi) is 6.63. The standard InChI is InChI=1S/C26H25FN2O4S/c1-18(2)20-8-12-22(13-9-20)29-25(30)16-24(26(29)31)28(17-19-6-4-3-5-7-19)34(32,33)23-14-10-21(27)11-15-23/h3-15,18,24H,16-17H2,1-2H3. The van der Waals surface area contributed by atoms with Crippen LogP contribution in [0.3, 0.4) is 0 Å². The topological polar surface area (TPSA) is 74.8 Å². The van der Waals surface area contributed by atoms with Gasteiger partial charge in [0.05, 0.1) is 17.0 Å². The van der Waals surface area contributed by atoms with Crippen LogP contribution in [-0.2, 0) is 26.2 Å². The fraction of sp³-hybridized carbons (Fsp3) is 0.231. The highest BCUT2D eigenvalue weighted by molar-refractivity contribution is 7.89. The molecule has 1 aliphatic heterocycles. The van der Waals surface area contributed by atoms with E-state index in [2.05, 4.69) is 0 Å². The summed E-state index contributed by atoms with van der Waals surface area (Å²) in [4.78, 5) is 27.3. The fourth-order valence-electron chi connectivity index (χ4n) is 3.99. The Morgan fingerprint density at radius 2 is 1.56 bits per heavy atom.